The van der Waals surface area contributed by atoms with Gasteiger partial charge in [-0.1, -0.05) is 39.1 Å². The first-order valence-corrected chi connectivity index (χ1v) is 11.0. The largest absolute Gasteiger partial charge is 0.352 e. The highest BCUT2D eigenvalue weighted by Gasteiger charge is 2.48. The molecule has 5 N–H and O–H groups in total. The number of hydrogen-bond donors (Lipinski definition) is 5. The van der Waals surface area contributed by atoms with E-state index >= 15 is 0 Å². The zero-order chi connectivity index (χ0) is 22.1. The van der Waals surface area contributed by atoms with Crippen LogP contribution in [-0.2, 0) is 14.4 Å². The van der Waals surface area contributed by atoms with Crippen molar-refractivity contribution in [1.29, 1.82) is 0 Å². The summed E-state index contributed by atoms with van der Waals surface area (Å²) in [5.41, 5.74) is 1.13. The Morgan fingerprint density at radius 2 is 1.81 bits per heavy atom. The van der Waals surface area contributed by atoms with Gasteiger partial charge in [-0.05, 0) is 42.5 Å². The number of hydrogen-bond acceptors (Lipinski definition) is 5. The second kappa shape index (κ2) is 9.04. The highest BCUT2D eigenvalue weighted by Crippen LogP contribution is 2.30. The quantitative estimate of drug-likeness (QED) is 0.420. The van der Waals surface area contributed by atoms with Crippen LogP contribution in [0.1, 0.15) is 6.42 Å². The van der Waals surface area contributed by atoms with E-state index in [1.165, 1.54) is 0 Å². The maximum Gasteiger partial charge on any atom is 0.229 e. The van der Waals surface area contributed by atoms with Crippen molar-refractivity contribution < 1.29 is 14.4 Å². The average Bonchev–Trinajstić information content (AvgIpc) is 2.71. The maximum absolute atomic E-state index is 12.9. The van der Waals surface area contributed by atoms with Crippen molar-refractivity contribution in [2.45, 2.75) is 18.9 Å². The van der Waals surface area contributed by atoms with E-state index in [0.717, 1.165) is 4.47 Å². The van der Waals surface area contributed by atoms with Crippen molar-refractivity contribution in [3.8, 4) is 0 Å². The lowest BCUT2D eigenvalue weighted by molar-refractivity contribution is -0.144. The van der Waals surface area contributed by atoms with Crippen molar-refractivity contribution in [2.75, 3.05) is 10.6 Å². The van der Waals surface area contributed by atoms with Crippen molar-refractivity contribution in [3.63, 3.8) is 0 Å². The molecular weight excluding hydrogens is 509 g/mol. The lowest BCUT2D eigenvalue weighted by Crippen LogP contribution is -2.72. The number of nitrogens with one attached hydrogen (secondary N) is 5. The van der Waals surface area contributed by atoms with Crippen LogP contribution in [0.15, 0.2) is 46.9 Å². The van der Waals surface area contributed by atoms with Gasteiger partial charge in [-0.2, -0.15) is 0 Å². The highest BCUT2D eigenvalue weighted by atomic mass is 79.9. The Kier molecular flexibility index (Phi) is 6.38. The van der Waals surface area contributed by atoms with Crippen LogP contribution in [0, 0.1) is 11.8 Å². The standard InChI is InChI=1S/C20H18BrCl2N5O3/c21-9-1-4-11(5-2-9)24-18(30)12-8-15(29)26-17-16(12)19(31)28-20(27-17)25-14-6-3-10(22)7-13(14)23/h1-7,12,16-17,20,25,27H,8H2,(H,24,30)(H,26,29)(H,28,31). The van der Waals surface area contributed by atoms with E-state index in [2.05, 4.69) is 42.5 Å². The molecule has 2 heterocycles. The molecule has 2 aromatic carbocycles. The van der Waals surface area contributed by atoms with Gasteiger partial charge in [0.15, 0.2) is 6.29 Å². The van der Waals surface area contributed by atoms with Gasteiger partial charge in [-0.25, -0.2) is 0 Å². The Morgan fingerprint density at radius 3 is 2.52 bits per heavy atom. The zero-order valence-corrected chi connectivity index (χ0v) is 19.0. The van der Waals surface area contributed by atoms with Gasteiger partial charge in [-0.15, -0.1) is 0 Å². The predicted molar refractivity (Wildman–Crippen MR) is 121 cm³/mol. The Balaban J connectivity index is 1.48. The fraction of sp³-hybridized carbons (Fsp3) is 0.250. The van der Waals surface area contributed by atoms with E-state index in [4.69, 9.17) is 23.2 Å². The average molecular weight is 527 g/mol. The molecule has 0 bridgehead atoms. The molecule has 0 spiro atoms. The van der Waals surface area contributed by atoms with Gasteiger partial charge in [0.25, 0.3) is 0 Å². The molecule has 2 saturated heterocycles. The summed E-state index contributed by atoms with van der Waals surface area (Å²) in [5, 5.41) is 15.3. The summed E-state index contributed by atoms with van der Waals surface area (Å²) in [7, 11) is 0. The molecule has 31 heavy (non-hydrogen) atoms. The summed E-state index contributed by atoms with van der Waals surface area (Å²) in [6.07, 6.45) is -1.51. The highest BCUT2D eigenvalue weighted by molar-refractivity contribution is 9.10. The van der Waals surface area contributed by atoms with E-state index < -0.39 is 30.2 Å². The topological polar surface area (TPSA) is 111 Å². The molecule has 4 rings (SSSR count). The second-order valence-electron chi connectivity index (χ2n) is 7.25. The molecule has 2 aromatic rings. The number of carbonyl (C=O) groups excluding carboxylic acids is 3. The molecule has 4 unspecified atom stereocenters. The molecule has 11 heteroatoms. The Morgan fingerprint density at radius 1 is 1.06 bits per heavy atom. The van der Waals surface area contributed by atoms with Crippen molar-refractivity contribution >= 4 is 68.2 Å². The SMILES string of the molecule is O=C1CC(C(=O)Nc2ccc(Br)cc2)C2C(=O)NC(Nc3ccc(Cl)cc3Cl)NC2N1. The number of anilines is 2. The third kappa shape index (κ3) is 4.95. The van der Waals surface area contributed by atoms with Gasteiger partial charge >= 0.3 is 0 Å². The first-order valence-electron chi connectivity index (χ1n) is 9.44. The van der Waals surface area contributed by atoms with Crippen molar-refractivity contribution in [2.24, 2.45) is 11.8 Å². The van der Waals surface area contributed by atoms with Gasteiger partial charge in [0.2, 0.25) is 17.7 Å². The van der Waals surface area contributed by atoms with Crippen molar-refractivity contribution in [1.82, 2.24) is 16.0 Å². The molecule has 2 aliphatic heterocycles. The van der Waals surface area contributed by atoms with Crippen LogP contribution >= 0.6 is 39.1 Å². The molecule has 3 amide bonds. The molecule has 162 valence electrons. The Hall–Kier alpha value is -2.33. The summed E-state index contributed by atoms with van der Waals surface area (Å²) in [6, 6.07) is 12.0. The van der Waals surface area contributed by atoms with E-state index in [0.29, 0.717) is 21.4 Å². The molecule has 0 aliphatic carbocycles. The fourth-order valence-corrected chi connectivity index (χ4v) is 4.41. The van der Waals surface area contributed by atoms with Crippen LogP contribution in [0.4, 0.5) is 11.4 Å². The summed E-state index contributed by atoms with van der Waals surface area (Å²) in [4.78, 5) is 38.1. The van der Waals surface area contributed by atoms with E-state index in [-0.39, 0.29) is 18.2 Å². The minimum absolute atomic E-state index is 0.0836. The number of benzene rings is 2. The molecule has 2 aliphatic rings. The van der Waals surface area contributed by atoms with Gasteiger partial charge in [-0.3, -0.25) is 19.7 Å². The van der Waals surface area contributed by atoms with Crippen LogP contribution < -0.4 is 26.6 Å². The first kappa shape index (κ1) is 21.9. The Labute approximate surface area is 196 Å². The van der Waals surface area contributed by atoms with E-state index in [1.807, 2.05) is 0 Å². The van der Waals surface area contributed by atoms with Gasteiger partial charge in [0.1, 0.15) is 0 Å². The van der Waals surface area contributed by atoms with Crippen LogP contribution in [0.2, 0.25) is 10.0 Å². The lowest BCUT2D eigenvalue weighted by atomic mass is 9.81. The number of carbonyl (C=O) groups is 3. The number of fused-ring (bicyclic) bond motifs is 1. The molecule has 4 atom stereocenters. The van der Waals surface area contributed by atoms with Gasteiger partial charge < -0.3 is 21.3 Å². The van der Waals surface area contributed by atoms with Crippen molar-refractivity contribution in [3.05, 3.63) is 57.0 Å². The summed E-state index contributed by atoms with van der Waals surface area (Å²) in [6.45, 7) is 0. The summed E-state index contributed by atoms with van der Waals surface area (Å²) in [5.74, 6) is -2.66. The van der Waals surface area contributed by atoms with Crippen LogP contribution in [0.25, 0.3) is 0 Å². The molecule has 2 fully saturated rings. The number of halogens is 3. The van der Waals surface area contributed by atoms with Crippen LogP contribution in [-0.4, -0.2) is 30.2 Å². The summed E-state index contributed by atoms with van der Waals surface area (Å²) >= 11 is 15.4. The predicted octanol–water partition coefficient (Wildman–Crippen LogP) is 2.89. The fourth-order valence-electron chi connectivity index (χ4n) is 3.68. The number of amides is 3. The van der Waals surface area contributed by atoms with Gasteiger partial charge in [0, 0.05) is 21.6 Å². The lowest BCUT2D eigenvalue weighted by Gasteiger charge is -2.43. The third-order valence-corrected chi connectivity index (χ3v) is 6.21. The first-order chi connectivity index (χ1) is 14.8. The van der Waals surface area contributed by atoms with E-state index in [9.17, 15) is 14.4 Å². The second-order valence-corrected chi connectivity index (χ2v) is 9.01. The molecule has 0 aromatic heterocycles. The molecule has 8 nitrogen and oxygen atoms in total. The van der Waals surface area contributed by atoms with Gasteiger partial charge in [0.05, 0.1) is 28.7 Å². The van der Waals surface area contributed by atoms with Crippen LogP contribution in [0.5, 0.6) is 0 Å². The number of piperidine rings is 1. The Bertz CT molecular complexity index is 1040. The third-order valence-electron chi connectivity index (χ3n) is 5.13. The number of rotatable bonds is 4. The minimum atomic E-state index is -0.824. The minimum Gasteiger partial charge on any atom is -0.352 e. The monoisotopic (exact) mass is 525 g/mol. The zero-order valence-electron chi connectivity index (χ0n) is 15.9. The summed E-state index contributed by atoms with van der Waals surface area (Å²) < 4.78 is 0.873. The molecular formula is C20H18BrCl2N5O3. The maximum atomic E-state index is 12.9. The molecule has 0 saturated carbocycles. The smallest absolute Gasteiger partial charge is 0.229 e. The van der Waals surface area contributed by atoms with E-state index in [1.54, 1.807) is 42.5 Å². The van der Waals surface area contributed by atoms with Crippen LogP contribution in [0.3, 0.4) is 0 Å². The molecule has 0 radical (unpaired) electrons. The normalized spacial score (nSPS) is 25.1.